The van der Waals surface area contributed by atoms with Crippen molar-refractivity contribution in [3.05, 3.63) is 41.5 Å². The Morgan fingerprint density at radius 1 is 1.25 bits per heavy atom. The van der Waals surface area contributed by atoms with Gasteiger partial charge >= 0.3 is 0 Å². The minimum Gasteiger partial charge on any atom is -0.356 e. The molecule has 24 heavy (non-hydrogen) atoms. The summed E-state index contributed by atoms with van der Waals surface area (Å²) >= 11 is 0. The zero-order valence-corrected chi connectivity index (χ0v) is 14.6. The molecular weight excluding hydrogens is 302 g/mol. The number of hydrogen-bond donors (Lipinski definition) is 2. The van der Waals surface area contributed by atoms with Gasteiger partial charge in [-0.3, -0.25) is 20.0 Å². The molecule has 1 aromatic carbocycles. The number of nitrogens with zero attached hydrogens (tertiary/aromatic N) is 1. The number of carbonyl (C=O) groups excluding carboxylic acids is 2. The van der Waals surface area contributed by atoms with E-state index in [0.717, 1.165) is 30.5 Å². The van der Waals surface area contributed by atoms with E-state index in [1.165, 1.54) is 5.56 Å². The summed E-state index contributed by atoms with van der Waals surface area (Å²) in [5, 5.41) is 4.42. The van der Waals surface area contributed by atoms with Crippen LogP contribution in [0.3, 0.4) is 0 Å². The standard InChI is InChI=1S/C19H27N3O2/c1-3-5-13-20-18(23)12-14-22-19(24)11-10-17(21-22)16-8-6-15(4-2)7-9-16/h6-10,21H,3-5,11-14H2,1-2H3,(H,20,23). The van der Waals surface area contributed by atoms with E-state index in [0.29, 0.717) is 25.9 Å². The first-order valence-corrected chi connectivity index (χ1v) is 8.77. The van der Waals surface area contributed by atoms with Crippen LogP contribution in [0.15, 0.2) is 30.3 Å². The molecule has 0 aliphatic carbocycles. The maximum absolute atomic E-state index is 12.0. The summed E-state index contributed by atoms with van der Waals surface area (Å²) in [5.41, 5.74) is 6.40. The van der Waals surface area contributed by atoms with Crippen LogP contribution in [0.5, 0.6) is 0 Å². The van der Waals surface area contributed by atoms with Crippen molar-refractivity contribution in [2.45, 2.75) is 46.0 Å². The molecule has 0 saturated heterocycles. The van der Waals surface area contributed by atoms with Crippen molar-refractivity contribution in [3.8, 4) is 0 Å². The molecule has 1 aromatic rings. The predicted molar refractivity (Wildman–Crippen MR) is 95.8 cm³/mol. The van der Waals surface area contributed by atoms with Gasteiger partial charge in [0, 0.05) is 19.4 Å². The number of hydrazine groups is 1. The van der Waals surface area contributed by atoms with Crippen molar-refractivity contribution < 1.29 is 9.59 Å². The average Bonchev–Trinajstić information content (AvgIpc) is 2.61. The largest absolute Gasteiger partial charge is 0.356 e. The van der Waals surface area contributed by atoms with Crippen molar-refractivity contribution >= 4 is 17.5 Å². The van der Waals surface area contributed by atoms with Gasteiger partial charge in [-0.15, -0.1) is 0 Å². The third kappa shape index (κ3) is 5.11. The molecule has 2 amide bonds. The first-order chi connectivity index (χ1) is 11.6. The van der Waals surface area contributed by atoms with Crippen molar-refractivity contribution in [2.75, 3.05) is 13.1 Å². The van der Waals surface area contributed by atoms with E-state index >= 15 is 0 Å². The monoisotopic (exact) mass is 329 g/mol. The summed E-state index contributed by atoms with van der Waals surface area (Å²) in [7, 11) is 0. The van der Waals surface area contributed by atoms with Crippen LogP contribution in [0.1, 0.15) is 50.7 Å². The molecule has 0 atom stereocenters. The Bertz CT molecular complexity index is 593. The van der Waals surface area contributed by atoms with Crippen LogP contribution in [0.4, 0.5) is 0 Å². The lowest BCUT2D eigenvalue weighted by atomic mass is 10.1. The summed E-state index contributed by atoms with van der Waals surface area (Å²) < 4.78 is 0. The molecule has 1 aliphatic heterocycles. The third-order valence-electron chi connectivity index (χ3n) is 4.13. The molecule has 0 aromatic heterocycles. The van der Waals surface area contributed by atoms with E-state index in [1.54, 1.807) is 5.01 Å². The molecule has 0 fully saturated rings. The maximum Gasteiger partial charge on any atom is 0.244 e. The SMILES string of the molecule is CCCCNC(=O)CCN1NC(c2ccc(CC)cc2)=CCC1=O. The van der Waals surface area contributed by atoms with E-state index in [2.05, 4.69) is 48.9 Å². The van der Waals surface area contributed by atoms with Crippen LogP contribution in [0, 0.1) is 0 Å². The van der Waals surface area contributed by atoms with Gasteiger partial charge in [0.1, 0.15) is 0 Å². The minimum atomic E-state index is -0.0125. The van der Waals surface area contributed by atoms with Crippen LogP contribution in [0.2, 0.25) is 0 Å². The van der Waals surface area contributed by atoms with Crippen molar-refractivity contribution in [2.24, 2.45) is 0 Å². The molecule has 130 valence electrons. The van der Waals surface area contributed by atoms with Gasteiger partial charge in [0.15, 0.2) is 0 Å². The Labute approximate surface area is 144 Å². The molecule has 5 nitrogen and oxygen atoms in total. The lowest BCUT2D eigenvalue weighted by Crippen LogP contribution is -2.45. The maximum atomic E-state index is 12.0. The van der Waals surface area contributed by atoms with Crippen LogP contribution in [-0.4, -0.2) is 29.9 Å². The lowest BCUT2D eigenvalue weighted by Gasteiger charge is -2.29. The van der Waals surface area contributed by atoms with Crippen molar-refractivity contribution in [3.63, 3.8) is 0 Å². The highest BCUT2D eigenvalue weighted by Crippen LogP contribution is 2.18. The molecule has 0 spiro atoms. The number of hydrogen-bond acceptors (Lipinski definition) is 3. The number of carbonyl (C=O) groups is 2. The Balaban J connectivity index is 1.89. The highest BCUT2D eigenvalue weighted by molar-refractivity contribution is 5.84. The molecule has 0 radical (unpaired) electrons. The molecule has 0 saturated carbocycles. The normalized spacial score (nSPS) is 14.2. The van der Waals surface area contributed by atoms with Gasteiger partial charge in [-0.1, -0.05) is 44.5 Å². The molecule has 1 heterocycles. The topological polar surface area (TPSA) is 61.4 Å². The molecule has 1 aliphatic rings. The summed E-state index contributed by atoms with van der Waals surface area (Å²) in [6, 6.07) is 8.31. The quantitative estimate of drug-likeness (QED) is 0.721. The Morgan fingerprint density at radius 2 is 2.00 bits per heavy atom. The smallest absolute Gasteiger partial charge is 0.244 e. The van der Waals surface area contributed by atoms with E-state index in [4.69, 9.17) is 0 Å². The second kappa shape index (κ2) is 9.11. The first kappa shape index (κ1) is 18.0. The van der Waals surface area contributed by atoms with Gasteiger partial charge in [-0.2, -0.15) is 0 Å². The number of benzene rings is 1. The van der Waals surface area contributed by atoms with Crippen molar-refractivity contribution in [1.82, 2.24) is 15.8 Å². The number of amides is 2. The molecule has 0 unspecified atom stereocenters. The van der Waals surface area contributed by atoms with E-state index in [9.17, 15) is 9.59 Å². The van der Waals surface area contributed by atoms with Gasteiger partial charge < -0.3 is 5.32 Å². The third-order valence-corrected chi connectivity index (χ3v) is 4.13. The number of nitrogens with one attached hydrogen (secondary N) is 2. The first-order valence-electron chi connectivity index (χ1n) is 8.77. The highest BCUT2D eigenvalue weighted by atomic mass is 16.2. The highest BCUT2D eigenvalue weighted by Gasteiger charge is 2.20. The zero-order valence-electron chi connectivity index (χ0n) is 14.6. The minimum absolute atomic E-state index is 0.00899. The van der Waals surface area contributed by atoms with Gasteiger partial charge in [0.25, 0.3) is 0 Å². The number of unbranched alkanes of at least 4 members (excludes halogenated alkanes) is 1. The number of aryl methyl sites for hydroxylation is 1. The van der Waals surface area contributed by atoms with Gasteiger partial charge in [-0.05, 0) is 30.0 Å². The zero-order chi connectivity index (χ0) is 17.4. The molecule has 2 rings (SSSR count). The molecule has 5 heteroatoms. The summed E-state index contributed by atoms with van der Waals surface area (Å²) in [5.74, 6) is -0.0215. The number of rotatable bonds is 8. The predicted octanol–water partition coefficient (Wildman–Crippen LogP) is 2.63. The Hall–Kier alpha value is -2.30. The van der Waals surface area contributed by atoms with Crippen molar-refractivity contribution in [1.29, 1.82) is 0 Å². The molecule has 0 bridgehead atoms. The fourth-order valence-corrected chi connectivity index (χ4v) is 2.54. The second-order valence-corrected chi connectivity index (χ2v) is 5.98. The summed E-state index contributed by atoms with van der Waals surface area (Å²) in [6.07, 6.45) is 5.61. The molecule has 2 N–H and O–H groups in total. The second-order valence-electron chi connectivity index (χ2n) is 5.98. The lowest BCUT2D eigenvalue weighted by molar-refractivity contribution is -0.133. The van der Waals surface area contributed by atoms with Crippen LogP contribution in [0.25, 0.3) is 5.70 Å². The van der Waals surface area contributed by atoms with Gasteiger partial charge in [0.2, 0.25) is 11.8 Å². The van der Waals surface area contributed by atoms with Gasteiger partial charge in [0.05, 0.1) is 12.2 Å². The van der Waals surface area contributed by atoms with Crippen LogP contribution in [-0.2, 0) is 16.0 Å². The Kier molecular flexibility index (Phi) is 6.85. The van der Waals surface area contributed by atoms with Crippen LogP contribution < -0.4 is 10.7 Å². The fourth-order valence-electron chi connectivity index (χ4n) is 2.54. The van der Waals surface area contributed by atoms with E-state index in [-0.39, 0.29) is 11.8 Å². The van der Waals surface area contributed by atoms with E-state index < -0.39 is 0 Å². The summed E-state index contributed by atoms with van der Waals surface area (Å²) in [6.45, 7) is 5.29. The summed E-state index contributed by atoms with van der Waals surface area (Å²) in [4.78, 5) is 23.8. The van der Waals surface area contributed by atoms with Crippen LogP contribution >= 0.6 is 0 Å². The van der Waals surface area contributed by atoms with E-state index in [1.807, 2.05) is 6.08 Å². The Morgan fingerprint density at radius 3 is 2.67 bits per heavy atom. The van der Waals surface area contributed by atoms with Gasteiger partial charge in [-0.25, -0.2) is 0 Å². The fraction of sp³-hybridized carbons (Fsp3) is 0.474. The molecular formula is C19H27N3O2. The average molecular weight is 329 g/mol.